The van der Waals surface area contributed by atoms with Crippen molar-refractivity contribution in [2.24, 2.45) is 0 Å². The molecule has 3 rings (SSSR count). The number of hydrogen-bond donors (Lipinski definition) is 1. The highest BCUT2D eigenvalue weighted by molar-refractivity contribution is 5.91. The normalized spacial score (nSPS) is 14.5. The lowest BCUT2D eigenvalue weighted by Crippen LogP contribution is -2.09. The third kappa shape index (κ3) is 3.21. The van der Waals surface area contributed by atoms with Gasteiger partial charge in [0.15, 0.2) is 0 Å². The highest BCUT2D eigenvalue weighted by Crippen LogP contribution is 2.23. The van der Waals surface area contributed by atoms with E-state index in [0.717, 1.165) is 49.2 Å². The number of fused-ring (bicyclic) bond motifs is 1. The molecule has 0 bridgehead atoms. The van der Waals surface area contributed by atoms with Gasteiger partial charge in [-0.3, -0.25) is 0 Å². The molecule has 0 radical (unpaired) electrons. The molecule has 0 unspecified atom stereocenters. The highest BCUT2D eigenvalue weighted by Gasteiger charge is 2.06. The molecular formula is C17H17N3O. The van der Waals surface area contributed by atoms with Gasteiger partial charge in [0, 0.05) is 17.6 Å². The summed E-state index contributed by atoms with van der Waals surface area (Å²) < 4.78 is 5.31. The topological polar surface area (TPSA) is 57.9 Å². The summed E-state index contributed by atoms with van der Waals surface area (Å²) in [6, 6.07) is 11.8. The number of benzene rings is 1. The molecule has 1 aliphatic heterocycles. The molecule has 0 saturated heterocycles. The summed E-state index contributed by atoms with van der Waals surface area (Å²) in [4.78, 5) is 4.32. The van der Waals surface area contributed by atoms with Crippen LogP contribution >= 0.6 is 0 Å². The summed E-state index contributed by atoms with van der Waals surface area (Å²) in [7, 11) is 0. The Bertz CT molecular complexity index is 716. The third-order valence-electron chi connectivity index (χ3n) is 3.65. The fourth-order valence-electron chi connectivity index (χ4n) is 2.53. The minimum absolute atomic E-state index is 0.446. The van der Waals surface area contributed by atoms with Crippen LogP contribution in [0.4, 0.5) is 5.69 Å². The number of para-hydroxylation sites is 1. The van der Waals surface area contributed by atoms with Crippen molar-refractivity contribution in [1.29, 1.82) is 5.26 Å². The molecule has 0 saturated carbocycles. The van der Waals surface area contributed by atoms with Crippen LogP contribution in [0.3, 0.4) is 0 Å². The zero-order chi connectivity index (χ0) is 14.5. The molecule has 1 aliphatic rings. The number of hydrogen-bond acceptors (Lipinski definition) is 4. The highest BCUT2D eigenvalue weighted by atomic mass is 16.5. The maximum atomic E-state index is 9.09. The molecule has 1 aromatic heterocycles. The fourth-order valence-corrected chi connectivity index (χ4v) is 2.53. The molecule has 2 aromatic rings. The number of aromatic nitrogens is 1. The molecule has 2 heterocycles. The van der Waals surface area contributed by atoms with E-state index in [9.17, 15) is 0 Å². The zero-order valence-electron chi connectivity index (χ0n) is 11.8. The van der Waals surface area contributed by atoms with Crippen LogP contribution < -0.4 is 5.32 Å². The molecule has 0 amide bonds. The number of pyridine rings is 1. The first-order valence-electron chi connectivity index (χ1n) is 7.16. The van der Waals surface area contributed by atoms with Crippen molar-refractivity contribution in [3.8, 4) is 6.07 Å². The standard InChI is InChI=1S/C17H17N3O/c18-12-14-11-17(15-3-1-2-4-16(15)20-14)19-8-5-13-6-9-21-10-7-13/h1-4,6,11H,5,7-10H2,(H,19,20). The van der Waals surface area contributed by atoms with Crippen molar-refractivity contribution < 1.29 is 4.74 Å². The Morgan fingerprint density at radius 2 is 2.24 bits per heavy atom. The van der Waals surface area contributed by atoms with Gasteiger partial charge in [0.25, 0.3) is 0 Å². The molecule has 0 aliphatic carbocycles. The van der Waals surface area contributed by atoms with Gasteiger partial charge in [-0.1, -0.05) is 29.8 Å². The smallest absolute Gasteiger partial charge is 0.143 e. The van der Waals surface area contributed by atoms with Crippen molar-refractivity contribution in [2.75, 3.05) is 25.1 Å². The van der Waals surface area contributed by atoms with Crippen LogP contribution in [0.15, 0.2) is 42.0 Å². The fraction of sp³-hybridized carbons (Fsp3) is 0.294. The van der Waals surface area contributed by atoms with E-state index in [4.69, 9.17) is 10.00 Å². The van der Waals surface area contributed by atoms with Crippen molar-refractivity contribution in [2.45, 2.75) is 12.8 Å². The van der Waals surface area contributed by atoms with E-state index in [1.54, 1.807) is 0 Å². The lowest BCUT2D eigenvalue weighted by molar-refractivity contribution is 0.153. The van der Waals surface area contributed by atoms with E-state index < -0.39 is 0 Å². The lowest BCUT2D eigenvalue weighted by atomic mass is 10.1. The number of nitrogens with zero attached hydrogens (tertiary/aromatic N) is 2. The van der Waals surface area contributed by atoms with Gasteiger partial charge >= 0.3 is 0 Å². The summed E-state index contributed by atoms with van der Waals surface area (Å²) in [5.74, 6) is 0. The maximum absolute atomic E-state index is 9.09. The minimum Gasteiger partial charge on any atom is -0.384 e. The largest absolute Gasteiger partial charge is 0.384 e. The van der Waals surface area contributed by atoms with Crippen molar-refractivity contribution in [3.63, 3.8) is 0 Å². The van der Waals surface area contributed by atoms with Gasteiger partial charge < -0.3 is 10.1 Å². The molecule has 4 heteroatoms. The second-order valence-corrected chi connectivity index (χ2v) is 5.05. The number of nitriles is 1. The molecule has 0 fully saturated rings. The predicted molar refractivity (Wildman–Crippen MR) is 83.1 cm³/mol. The third-order valence-corrected chi connectivity index (χ3v) is 3.65. The van der Waals surface area contributed by atoms with Crippen LogP contribution in [0.25, 0.3) is 10.9 Å². The summed E-state index contributed by atoms with van der Waals surface area (Å²) in [5, 5.41) is 13.6. The second kappa shape index (κ2) is 6.38. The van der Waals surface area contributed by atoms with E-state index in [1.807, 2.05) is 30.3 Å². The van der Waals surface area contributed by atoms with E-state index in [1.165, 1.54) is 5.57 Å². The predicted octanol–water partition coefficient (Wildman–Crippen LogP) is 3.26. The monoisotopic (exact) mass is 279 g/mol. The van der Waals surface area contributed by atoms with Crippen LogP contribution in [0.1, 0.15) is 18.5 Å². The first-order valence-corrected chi connectivity index (χ1v) is 7.16. The average molecular weight is 279 g/mol. The van der Waals surface area contributed by atoms with Gasteiger partial charge in [0.2, 0.25) is 0 Å². The van der Waals surface area contributed by atoms with E-state index in [0.29, 0.717) is 5.69 Å². The van der Waals surface area contributed by atoms with Crippen molar-refractivity contribution in [1.82, 2.24) is 4.98 Å². The Balaban J connectivity index is 1.76. The summed E-state index contributed by atoms with van der Waals surface area (Å²) in [6.07, 6.45) is 4.18. The van der Waals surface area contributed by atoms with Crippen LogP contribution in [0.2, 0.25) is 0 Å². The van der Waals surface area contributed by atoms with E-state index in [2.05, 4.69) is 22.4 Å². The molecule has 21 heavy (non-hydrogen) atoms. The number of ether oxygens (including phenoxy) is 1. The maximum Gasteiger partial charge on any atom is 0.143 e. The first kappa shape index (κ1) is 13.6. The van der Waals surface area contributed by atoms with Crippen LogP contribution in [0, 0.1) is 11.3 Å². The van der Waals surface area contributed by atoms with Crippen molar-refractivity contribution in [3.05, 3.63) is 47.7 Å². The van der Waals surface area contributed by atoms with Gasteiger partial charge in [-0.2, -0.15) is 5.26 Å². The van der Waals surface area contributed by atoms with Crippen LogP contribution in [-0.2, 0) is 4.74 Å². The van der Waals surface area contributed by atoms with Gasteiger partial charge in [-0.05, 0) is 25.0 Å². The second-order valence-electron chi connectivity index (χ2n) is 5.05. The quantitative estimate of drug-likeness (QED) is 0.873. The van der Waals surface area contributed by atoms with Crippen LogP contribution in [0.5, 0.6) is 0 Å². The first-order chi connectivity index (χ1) is 10.4. The summed E-state index contributed by atoms with van der Waals surface area (Å²) >= 11 is 0. The molecule has 1 N–H and O–H groups in total. The number of anilines is 1. The molecule has 106 valence electrons. The molecule has 0 atom stereocenters. The van der Waals surface area contributed by atoms with Gasteiger partial charge in [0.05, 0.1) is 18.7 Å². The van der Waals surface area contributed by atoms with Gasteiger partial charge in [0.1, 0.15) is 11.8 Å². The SMILES string of the molecule is N#Cc1cc(NCCC2=CCOCC2)c2ccccc2n1. The summed E-state index contributed by atoms with van der Waals surface area (Å²) in [6.45, 7) is 2.40. The van der Waals surface area contributed by atoms with E-state index >= 15 is 0 Å². The summed E-state index contributed by atoms with van der Waals surface area (Å²) in [5.41, 5.74) is 3.71. The molecule has 0 spiro atoms. The van der Waals surface area contributed by atoms with Gasteiger partial charge in [-0.25, -0.2) is 4.98 Å². The van der Waals surface area contributed by atoms with Crippen LogP contribution in [-0.4, -0.2) is 24.7 Å². The average Bonchev–Trinajstić information content (AvgIpc) is 2.55. The Kier molecular flexibility index (Phi) is 4.13. The lowest BCUT2D eigenvalue weighted by Gasteiger charge is -2.15. The molecular weight excluding hydrogens is 262 g/mol. The number of rotatable bonds is 4. The Morgan fingerprint density at radius 1 is 1.33 bits per heavy atom. The molecule has 1 aromatic carbocycles. The Morgan fingerprint density at radius 3 is 3.05 bits per heavy atom. The van der Waals surface area contributed by atoms with Gasteiger partial charge in [-0.15, -0.1) is 0 Å². The molecule has 4 nitrogen and oxygen atoms in total. The Hall–Kier alpha value is -2.38. The zero-order valence-corrected chi connectivity index (χ0v) is 11.8. The minimum atomic E-state index is 0.446. The number of nitrogens with one attached hydrogen (secondary N) is 1. The Labute approximate surface area is 124 Å². The van der Waals surface area contributed by atoms with E-state index in [-0.39, 0.29) is 0 Å². The van der Waals surface area contributed by atoms with Crippen molar-refractivity contribution >= 4 is 16.6 Å².